The van der Waals surface area contributed by atoms with Gasteiger partial charge in [-0.15, -0.1) is 0 Å². The molecule has 2 aromatic rings. The molecule has 10 heteroatoms. The van der Waals surface area contributed by atoms with Crippen molar-refractivity contribution in [3.63, 3.8) is 0 Å². The number of nitrogens with one attached hydrogen (secondary N) is 1. The summed E-state index contributed by atoms with van der Waals surface area (Å²) in [5, 5.41) is 11.3. The van der Waals surface area contributed by atoms with Gasteiger partial charge in [-0.1, -0.05) is 29.3 Å². The molecule has 5 nitrogen and oxygen atoms in total. The number of hydrogen-bond donors (Lipinski definition) is 2. The van der Waals surface area contributed by atoms with Gasteiger partial charge in [0.05, 0.1) is 21.8 Å². The van der Waals surface area contributed by atoms with Crippen LogP contribution >= 0.6 is 23.2 Å². The Morgan fingerprint density at radius 3 is 2.41 bits per heavy atom. The van der Waals surface area contributed by atoms with Crippen LogP contribution in [0.3, 0.4) is 0 Å². The Morgan fingerprint density at radius 1 is 1.32 bits per heavy atom. The van der Waals surface area contributed by atoms with Crippen LogP contribution in [-0.4, -0.2) is 20.6 Å². The van der Waals surface area contributed by atoms with Gasteiger partial charge in [0.2, 0.25) is 5.82 Å². The first kappa shape index (κ1) is 16.6. The van der Waals surface area contributed by atoms with E-state index in [1.54, 1.807) is 0 Å². The third-order valence-electron chi connectivity index (χ3n) is 2.68. The second kappa shape index (κ2) is 6.15. The number of carbonyl (C=O) groups is 1. The predicted molar refractivity (Wildman–Crippen MR) is 73.9 cm³/mol. The van der Waals surface area contributed by atoms with Crippen molar-refractivity contribution < 1.29 is 23.1 Å². The van der Waals surface area contributed by atoms with E-state index in [2.05, 4.69) is 10.3 Å². The normalized spacial score (nSPS) is 11.5. The van der Waals surface area contributed by atoms with Crippen LogP contribution in [-0.2, 0) is 12.9 Å². The highest BCUT2D eigenvalue weighted by Gasteiger charge is 2.37. The summed E-state index contributed by atoms with van der Waals surface area (Å²) in [7, 11) is 0. The lowest BCUT2D eigenvalue weighted by Crippen LogP contribution is -2.20. The molecule has 0 spiro atoms. The van der Waals surface area contributed by atoms with E-state index < -0.39 is 24.6 Å². The zero-order chi connectivity index (χ0) is 16.5. The summed E-state index contributed by atoms with van der Waals surface area (Å²) in [5.74, 6) is -2.50. The zero-order valence-corrected chi connectivity index (χ0v) is 12.2. The second-order valence-electron chi connectivity index (χ2n) is 4.09. The van der Waals surface area contributed by atoms with E-state index in [0.717, 1.165) is 6.20 Å². The molecule has 0 atom stereocenters. The van der Waals surface area contributed by atoms with Gasteiger partial charge < -0.3 is 10.4 Å². The van der Waals surface area contributed by atoms with E-state index in [0.29, 0.717) is 4.57 Å². The van der Waals surface area contributed by atoms with Crippen molar-refractivity contribution in [3.05, 3.63) is 45.8 Å². The number of aromatic nitrogens is 2. The SMILES string of the molecule is O=C(Nc1cnc(C(F)(F)F)n1CO)c1c(Cl)cccc1Cl. The van der Waals surface area contributed by atoms with Crippen molar-refractivity contribution in [2.75, 3.05) is 5.32 Å². The monoisotopic (exact) mass is 353 g/mol. The average molecular weight is 354 g/mol. The first-order valence-corrected chi connectivity index (χ1v) is 6.50. The molecule has 0 aliphatic carbocycles. The molecule has 0 bridgehead atoms. The Balaban J connectivity index is 2.36. The molecule has 0 radical (unpaired) electrons. The van der Waals surface area contributed by atoms with Gasteiger partial charge in [-0.05, 0) is 12.1 Å². The van der Waals surface area contributed by atoms with Gasteiger partial charge in [-0.2, -0.15) is 13.2 Å². The number of rotatable bonds is 3. The number of nitrogens with zero attached hydrogens (tertiary/aromatic N) is 2. The van der Waals surface area contributed by atoms with Gasteiger partial charge >= 0.3 is 6.18 Å². The molecule has 0 aliphatic rings. The number of anilines is 1. The zero-order valence-electron chi connectivity index (χ0n) is 10.7. The Kier molecular flexibility index (Phi) is 4.64. The number of halogens is 5. The molecule has 1 aromatic carbocycles. The average Bonchev–Trinajstić information content (AvgIpc) is 2.81. The molecule has 0 saturated heterocycles. The van der Waals surface area contributed by atoms with Crippen LogP contribution in [0.2, 0.25) is 10.0 Å². The highest BCUT2D eigenvalue weighted by atomic mass is 35.5. The number of aliphatic hydroxyl groups is 1. The fourth-order valence-electron chi connectivity index (χ4n) is 1.74. The number of imidazole rings is 1. The number of aliphatic hydroxyl groups excluding tert-OH is 1. The van der Waals surface area contributed by atoms with E-state index >= 15 is 0 Å². The van der Waals surface area contributed by atoms with E-state index in [1.165, 1.54) is 18.2 Å². The maximum Gasteiger partial charge on any atom is 0.449 e. The molecule has 0 unspecified atom stereocenters. The third kappa shape index (κ3) is 3.18. The molecule has 2 rings (SSSR count). The predicted octanol–water partition coefficient (Wildman–Crippen LogP) is 3.41. The van der Waals surface area contributed by atoms with Crippen LogP contribution in [0.5, 0.6) is 0 Å². The Bertz CT molecular complexity index is 696. The van der Waals surface area contributed by atoms with Crippen molar-refractivity contribution in [2.45, 2.75) is 12.9 Å². The van der Waals surface area contributed by atoms with Gasteiger partial charge in [0.15, 0.2) is 0 Å². The molecule has 1 aromatic heterocycles. The molecular formula is C12H8Cl2F3N3O2. The minimum atomic E-state index is -4.77. The molecule has 0 fully saturated rings. The van der Waals surface area contributed by atoms with Crippen molar-refractivity contribution in [1.82, 2.24) is 9.55 Å². The van der Waals surface area contributed by atoms with E-state index in [9.17, 15) is 18.0 Å². The fourth-order valence-corrected chi connectivity index (χ4v) is 2.31. The van der Waals surface area contributed by atoms with Crippen molar-refractivity contribution in [2.24, 2.45) is 0 Å². The number of hydrogen-bond acceptors (Lipinski definition) is 3. The smallest absolute Gasteiger partial charge is 0.376 e. The summed E-state index contributed by atoms with van der Waals surface area (Å²) < 4.78 is 38.5. The molecule has 1 amide bonds. The highest BCUT2D eigenvalue weighted by molar-refractivity contribution is 6.40. The van der Waals surface area contributed by atoms with Crippen LogP contribution in [0.15, 0.2) is 24.4 Å². The molecule has 22 heavy (non-hydrogen) atoms. The van der Waals surface area contributed by atoms with Crippen LogP contribution < -0.4 is 5.32 Å². The number of benzene rings is 1. The number of amides is 1. The summed E-state index contributed by atoms with van der Waals surface area (Å²) in [6, 6.07) is 4.33. The number of carbonyl (C=O) groups excluding carboxylic acids is 1. The first-order valence-electron chi connectivity index (χ1n) is 5.74. The lowest BCUT2D eigenvalue weighted by atomic mass is 10.2. The van der Waals surface area contributed by atoms with Crippen molar-refractivity contribution >= 4 is 34.9 Å². The fraction of sp³-hybridized carbons (Fsp3) is 0.167. The minimum Gasteiger partial charge on any atom is -0.376 e. The minimum absolute atomic E-state index is 0.0381. The topological polar surface area (TPSA) is 67.2 Å². The van der Waals surface area contributed by atoms with Crippen LogP contribution in [0.25, 0.3) is 0 Å². The maximum absolute atomic E-state index is 12.7. The van der Waals surface area contributed by atoms with Crippen LogP contribution in [0, 0.1) is 0 Å². The maximum atomic E-state index is 12.7. The van der Waals surface area contributed by atoms with Gasteiger partial charge in [0.1, 0.15) is 12.5 Å². The summed E-state index contributed by atoms with van der Waals surface area (Å²) in [6.07, 6.45) is -3.99. The standard InChI is InChI=1S/C12H8Cl2F3N3O2/c13-6-2-1-3-7(14)9(6)10(22)19-8-4-18-11(12(15,16)17)20(8)5-21/h1-4,21H,5H2,(H,19,22). The van der Waals surface area contributed by atoms with E-state index in [-0.39, 0.29) is 21.4 Å². The molecule has 0 aliphatic heterocycles. The molecule has 0 saturated carbocycles. The van der Waals surface area contributed by atoms with Gasteiger partial charge in [0.25, 0.3) is 5.91 Å². The highest BCUT2D eigenvalue weighted by Crippen LogP contribution is 2.31. The summed E-state index contributed by atoms with van der Waals surface area (Å²) in [6.45, 7) is -1.01. The second-order valence-corrected chi connectivity index (χ2v) is 4.90. The van der Waals surface area contributed by atoms with E-state index in [4.69, 9.17) is 28.3 Å². The van der Waals surface area contributed by atoms with Crippen LogP contribution in [0.1, 0.15) is 16.2 Å². The first-order chi connectivity index (χ1) is 10.3. The van der Waals surface area contributed by atoms with Gasteiger partial charge in [-0.3, -0.25) is 9.36 Å². The van der Waals surface area contributed by atoms with Gasteiger partial charge in [-0.25, -0.2) is 4.98 Å². The molecule has 118 valence electrons. The summed E-state index contributed by atoms with van der Waals surface area (Å²) >= 11 is 11.7. The Morgan fingerprint density at radius 2 is 1.91 bits per heavy atom. The quantitative estimate of drug-likeness (QED) is 0.888. The molecular weight excluding hydrogens is 346 g/mol. The van der Waals surface area contributed by atoms with Crippen LogP contribution in [0.4, 0.5) is 19.0 Å². The summed E-state index contributed by atoms with van der Waals surface area (Å²) in [5.41, 5.74) is -0.0925. The molecule has 1 heterocycles. The van der Waals surface area contributed by atoms with Crippen molar-refractivity contribution in [1.29, 1.82) is 0 Å². The Labute approximate surface area is 132 Å². The molecule has 2 N–H and O–H groups in total. The Hall–Kier alpha value is -1.77. The van der Waals surface area contributed by atoms with E-state index in [1.807, 2.05) is 0 Å². The van der Waals surface area contributed by atoms with Crippen molar-refractivity contribution in [3.8, 4) is 0 Å². The largest absolute Gasteiger partial charge is 0.449 e. The lowest BCUT2D eigenvalue weighted by Gasteiger charge is -2.12. The number of alkyl halides is 3. The third-order valence-corrected chi connectivity index (χ3v) is 3.31. The summed E-state index contributed by atoms with van der Waals surface area (Å²) in [4.78, 5) is 15.2. The van der Waals surface area contributed by atoms with Gasteiger partial charge in [0, 0.05) is 0 Å². The lowest BCUT2D eigenvalue weighted by molar-refractivity contribution is -0.148.